The number of hydrogen-bond acceptors (Lipinski definition) is 6. The van der Waals surface area contributed by atoms with Crippen molar-refractivity contribution in [3.8, 4) is 0 Å². The van der Waals surface area contributed by atoms with Gasteiger partial charge in [-0.05, 0) is 53.0 Å². The normalized spacial score (nSPS) is 19.2. The highest BCUT2D eigenvalue weighted by Gasteiger charge is 2.40. The average molecular weight is 346 g/mol. The minimum absolute atomic E-state index is 0.0375. The van der Waals surface area contributed by atoms with Crippen LogP contribution in [-0.2, 0) is 6.54 Å². The van der Waals surface area contributed by atoms with E-state index in [0.717, 1.165) is 23.9 Å². The number of amides is 1. The Morgan fingerprint density at radius 1 is 1.29 bits per heavy atom. The molecule has 1 saturated heterocycles. The van der Waals surface area contributed by atoms with Crippen molar-refractivity contribution in [1.29, 1.82) is 0 Å². The Bertz CT molecular complexity index is 683. The zero-order chi connectivity index (χ0) is 16.4. The summed E-state index contributed by atoms with van der Waals surface area (Å²) in [7, 11) is 0. The highest BCUT2D eigenvalue weighted by atomic mass is 32.1. The second-order valence-corrected chi connectivity index (χ2v) is 7.72. The van der Waals surface area contributed by atoms with Crippen LogP contribution in [0.3, 0.4) is 0 Å². The van der Waals surface area contributed by atoms with Crippen molar-refractivity contribution in [3.63, 3.8) is 0 Å². The molecule has 1 N–H and O–H groups in total. The van der Waals surface area contributed by atoms with Crippen LogP contribution in [0.2, 0.25) is 0 Å². The first-order valence-electron chi connectivity index (χ1n) is 8.59. The number of nitrogens with zero attached hydrogens (tertiary/aromatic N) is 5. The van der Waals surface area contributed by atoms with Gasteiger partial charge in [-0.25, -0.2) is 4.68 Å². The molecule has 0 aromatic carbocycles. The smallest absolute Gasteiger partial charge is 0.261 e. The number of carbonyl (C=O) groups excluding carboxylic acids is 1. The summed E-state index contributed by atoms with van der Waals surface area (Å²) in [6, 6.07) is 3.71. The van der Waals surface area contributed by atoms with Gasteiger partial charge in [0.05, 0.1) is 11.4 Å². The molecule has 0 bridgehead atoms. The van der Waals surface area contributed by atoms with E-state index in [4.69, 9.17) is 0 Å². The van der Waals surface area contributed by atoms with Crippen LogP contribution in [-0.4, -0.2) is 45.7 Å². The molecule has 7 nitrogen and oxygen atoms in total. The minimum atomic E-state index is -0.0375. The van der Waals surface area contributed by atoms with Crippen molar-refractivity contribution in [2.24, 2.45) is 5.41 Å². The van der Waals surface area contributed by atoms with Gasteiger partial charge in [0.25, 0.3) is 5.91 Å². The second-order valence-electron chi connectivity index (χ2n) is 6.78. The third-order valence-electron chi connectivity index (χ3n) is 5.39. The van der Waals surface area contributed by atoms with E-state index in [2.05, 4.69) is 25.7 Å². The zero-order valence-corrected chi connectivity index (χ0v) is 14.5. The number of carbonyl (C=O) groups is 1. The molecule has 3 heterocycles. The lowest BCUT2D eigenvalue weighted by atomic mass is 9.63. The standard InChI is InChI=1S/C16H22N6OS/c23-14(13-3-1-12-24-13)17-8-11-22-15(18-19-20-22)21-9-6-16(7-10-21)4-2-5-16/h1,3,12H,2,4-11H2,(H,17,23). The predicted octanol–water partition coefficient (Wildman–Crippen LogP) is 1.94. The fourth-order valence-corrected chi connectivity index (χ4v) is 4.34. The molecule has 128 valence electrons. The molecule has 0 radical (unpaired) electrons. The number of tetrazole rings is 1. The summed E-state index contributed by atoms with van der Waals surface area (Å²) in [6.45, 7) is 3.16. The molecule has 2 fully saturated rings. The summed E-state index contributed by atoms with van der Waals surface area (Å²) >= 11 is 1.44. The fraction of sp³-hybridized carbons (Fsp3) is 0.625. The first kappa shape index (κ1) is 15.6. The van der Waals surface area contributed by atoms with E-state index in [1.807, 2.05) is 17.5 Å². The number of hydrogen-bond donors (Lipinski definition) is 1. The molecule has 0 unspecified atom stereocenters. The molecular weight excluding hydrogens is 324 g/mol. The summed E-state index contributed by atoms with van der Waals surface area (Å²) in [5.41, 5.74) is 0.615. The van der Waals surface area contributed by atoms with Crippen LogP contribution >= 0.6 is 11.3 Å². The van der Waals surface area contributed by atoms with Gasteiger partial charge in [-0.2, -0.15) is 0 Å². The molecule has 24 heavy (non-hydrogen) atoms. The van der Waals surface area contributed by atoms with Gasteiger partial charge in [-0.3, -0.25) is 4.79 Å². The molecule has 8 heteroatoms. The molecule has 2 aromatic rings. The Balaban J connectivity index is 1.31. The van der Waals surface area contributed by atoms with Crippen LogP contribution < -0.4 is 10.2 Å². The number of thiophene rings is 1. The summed E-state index contributed by atoms with van der Waals surface area (Å²) in [4.78, 5) is 15.0. The maximum absolute atomic E-state index is 12.0. The van der Waals surface area contributed by atoms with Crippen LogP contribution in [0.25, 0.3) is 0 Å². The quantitative estimate of drug-likeness (QED) is 0.895. The number of anilines is 1. The van der Waals surface area contributed by atoms with Crippen LogP contribution in [0.1, 0.15) is 41.8 Å². The minimum Gasteiger partial charge on any atom is -0.349 e. The largest absolute Gasteiger partial charge is 0.349 e. The number of piperidine rings is 1. The summed E-state index contributed by atoms with van der Waals surface area (Å²) in [5, 5.41) is 16.9. The zero-order valence-electron chi connectivity index (χ0n) is 13.6. The Kier molecular flexibility index (Phi) is 4.22. The van der Waals surface area contributed by atoms with E-state index in [-0.39, 0.29) is 5.91 Å². The van der Waals surface area contributed by atoms with Crippen LogP contribution in [0.5, 0.6) is 0 Å². The van der Waals surface area contributed by atoms with Gasteiger partial charge in [-0.1, -0.05) is 17.6 Å². The molecule has 0 atom stereocenters. The molecule has 1 amide bonds. The molecule has 2 aliphatic rings. The van der Waals surface area contributed by atoms with Crippen molar-refractivity contribution in [2.45, 2.75) is 38.6 Å². The molecule has 1 saturated carbocycles. The molecule has 1 aliphatic heterocycles. The fourth-order valence-electron chi connectivity index (χ4n) is 3.70. The van der Waals surface area contributed by atoms with Gasteiger partial charge in [0.15, 0.2) is 0 Å². The average Bonchev–Trinajstić information content (AvgIpc) is 3.25. The SMILES string of the molecule is O=C(NCCn1nnnc1N1CCC2(CCC2)CC1)c1cccs1. The molecule has 1 aliphatic carbocycles. The first-order chi connectivity index (χ1) is 11.8. The second kappa shape index (κ2) is 6.51. The number of aromatic nitrogens is 4. The summed E-state index contributed by atoms with van der Waals surface area (Å²) < 4.78 is 1.80. The van der Waals surface area contributed by atoms with Gasteiger partial charge in [0.2, 0.25) is 5.95 Å². The van der Waals surface area contributed by atoms with Crippen molar-refractivity contribution in [3.05, 3.63) is 22.4 Å². The lowest BCUT2D eigenvalue weighted by Gasteiger charge is -2.48. The maximum Gasteiger partial charge on any atom is 0.261 e. The van der Waals surface area contributed by atoms with E-state index in [1.54, 1.807) is 4.68 Å². The Labute approximate surface area is 145 Å². The van der Waals surface area contributed by atoms with Crippen molar-refractivity contribution >= 4 is 23.2 Å². The monoisotopic (exact) mass is 346 g/mol. The third kappa shape index (κ3) is 3.02. The van der Waals surface area contributed by atoms with Gasteiger partial charge < -0.3 is 10.2 Å². The van der Waals surface area contributed by atoms with E-state index in [1.165, 1.54) is 43.4 Å². The van der Waals surface area contributed by atoms with Crippen LogP contribution in [0.15, 0.2) is 17.5 Å². The molecule has 1 spiro atoms. The lowest BCUT2D eigenvalue weighted by molar-refractivity contribution is 0.0943. The highest BCUT2D eigenvalue weighted by molar-refractivity contribution is 7.12. The maximum atomic E-state index is 12.0. The van der Waals surface area contributed by atoms with E-state index in [9.17, 15) is 4.79 Å². The van der Waals surface area contributed by atoms with E-state index in [0.29, 0.717) is 18.5 Å². The molecule has 4 rings (SSSR count). The first-order valence-corrected chi connectivity index (χ1v) is 9.47. The van der Waals surface area contributed by atoms with Crippen LogP contribution in [0.4, 0.5) is 5.95 Å². The van der Waals surface area contributed by atoms with Gasteiger partial charge in [-0.15, -0.1) is 11.3 Å². The Hall–Kier alpha value is -1.96. The van der Waals surface area contributed by atoms with E-state index < -0.39 is 0 Å². The number of nitrogens with one attached hydrogen (secondary N) is 1. The van der Waals surface area contributed by atoms with Crippen molar-refractivity contribution in [2.75, 3.05) is 24.5 Å². The van der Waals surface area contributed by atoms with Crippen LogP contribution in [0, 0.1) is 5.41 Å². The topological polar surface area (TPSA) is 75.9 Å². The van der Waals surface area contributed by atoms with Crippen molar-refractivity contribution in [1.82, 2.24) is 25.5 Å². The highest BCUT2D eigenvalue weighted by Crippen LogP contribution is 2.49. The Morgan fingerprint density at radius 2 is 2.12 bits per heavy atom. The summed E-state index contributed by atoms with van der Waals surface area (Å²) in [5.74, 6) is 0.791. The third-order valence-corrected chi connectivity index (χ3v) is 6.26. The van der Waals surface area contributed by atoms with Gasteiger partial charge in [0.1, 0.15) is 0 Å². The molecular formula is C16H22N6OS. The Morgan fingerprint density at radius 3 is 2.79 bits per heavy atom. The van der Waals surface area contributed by atoms with Gasteiger partial charge in [0, 0.05) is 19.6 Å². The number of rotatable bonds is 5. The van der Waals surface area contributed by atoms with E-state index >= 15 is 0 Å². The lowest BCUT2D eigenvalue weighted by Crippen LogP contribution is -2.44. The molecule has 2 aromatic heterocycles. The van der Waals surface area contributed by atoms with Crippen molar-refractivity contribution < 1.29 is 4.79 Å². The van der Waals surface area contributed by atoms with Gasteiger partial charge >= 0.3 is 0 Å². The predicted molar refractivity (Wildman–Crippen MR) is 92.2 cm³/mol. The summed E-state index contributed by atoms with van der Waals surface area (Å²) in [6.07, 6.45) is 6.66.